The summed E-state index contributed by atoms with van der Waals surface area (Å²) in [7, 11) is 0. The molecule has 9 heteroatoms. The van der Waals surface area contributed by atoms with E-state index >= 15 is 0 Å². The predicted molar refractivity (Wildman–Crippen MR) is 92.0 cm³/mol. The lowest BCUT2D eigenvalue weighted by molar-refractivity contribution is -0.564. The minimum absolute atomic E-state index is 0.312. The van der Waals surface area contributed by atoms with Crippen molar-refractivity contribution in [3.63, 3.8) is 0 Å². The lowest BCUT2D eigenvalue weighted by Gasteiger charge is -2.26. The number of fused-ring (bicyclic) bond motifs is 1. The van der Waals surface area contributed by atoms with Crippen LogP contribution in [0.5, 0.6) is 0 Å². The second-order valence-electron chi connectivity index (χ2n) is 8.80. The summed E-state index contributed by atoms with van der Waals surface area (Å²) in [6.45, 7) is 11.6. The minimum Gasteiger partial charge on any atom is -0.622 e. The molecule has 0 N–H and O–H groups in total. The summed E-state index contributed by atoms with van der Waals surface area (Å²) in [5.41, 5.74) is 0. The smallest absolute Gasteiger partial charge is 0.297 e. The molecule has 4 rings (SSSR count). The van der Waals surface area contributed by atoms with Crippen molar-refractivity contribution in [2.45, 2.75) is 95.7 Å². The zero-order valence-electron chi connectivity index (χ0n) is 16.7. The van der Waals surface area contributed by atoms with E-state index in [1.54, 1.807) is 0 Å². The van der Waals surface area contributed by atoms with Gasteiger partial charge in [-0.2, -0.15) is 4.74 Å². The molecule has 4 saturated heterocycles. The van der Waals surface area contributed by atoms with Gasteiger partial charge in [-0.05, 0) is 41.5 Å². The van der Waals surface area contributed by atoms with Crippen LogP contribution in [0.3, 0.4) is 0 Å². The Balaban J connectivity index is 1.53. The average molecular weight is 387 g/mol. The molecule has 4 heterocycles. The summed E-state index contributed by atoms with van der Waals surface area (Å²) in [5.74, 6) is -2.21. The number of ether oxygens (including phenoxy) is 7. The van der Waals surface area contributed by atoms with Gasteiger partial charge >= 0.3 is 0 Å². The molecule has 0 aromatic rings. The maximum atomic E-state index is 12.8. The van der Waals surface area contributed by atoms with Gasteiger partial charge in [-0.1, -0.05) is 0 Å². The summed E-state index contributed by atoms with van der Waals surface area (Å²) in [4.78, 5) is 0. The molecule has 0 radical (unpaired) electrons. The first-order valence-corrected chi connectivity index (χ1v) is 9.40. The Labute approximate surface area is 159 Å². The van der Waals surface area contributed by atoms with Crippen molar-refractivity contribution in [1.29, 1.82) is 0 Å². The highest BCUT2D eigenvalue weighted by Crippen LogP contribution is 2.42. The molecule has 154 valence electrons. The van der Waals surface area contributed by atoms with Crippen molar-refractivity contribution in [1.82, 2.24) is 0 Å². The van der Waals surface area contributed by atoms with Crippen LogP contribution in [0.4, 0.5) is 0 Å². The van der Waals surface area contributed by atoms with Crippen LogP contribution in [0.2, 0.25) is 0 Å². The monoisotopic (exact) mass is 387 g/mol. The van der Waals surface area contributed by atoms with Gasteiger partial charge in [-0.3, -0.25) is 0 Å². The topological polar surface area (TPSA) is 90.7 Å². The molecule has 0 bridgehead atoms. The van der Waals surface area contributed by atoms with E-state index in [9.17, 15) is 5.21 Å². The van der Waals surface area contributed by atoms with Crippen LogP contribution in [0.1, 0.15) is 41.5 Å². The van der Waals surface area contributed by atoms with Crippen LogP contribution < -0.4 is 0 Å². The van der Waals surface area contributed by atoms with Crippen LogP contribution in [-0.2, 0) is 33.2 Å². The van der Waals surface area contributed by atoms with Gasteiger partial charge in [0.15, 0.2) is 35.8 Å². The molecule has 6 atom stereocenters. The van der Waals surface area contributed by atoms with Crippen molar-refractivity contribution in [3.8, 4) is 0 Å². The van der Waals surface area contributed by atoms with Gasteiger partial charge in [0.2, 0.25) is 0 Å². The maximum absolute atomic E-state index is 12.8. The molecule has 0 aliphatic carbocycles. The molecule has 4 aliphatic rings. The van der Waals surface area contributed by atoms with Crippen molar-refractivity contribution < 1.29 is 37.9 Å². The van der Waals surface area contributed by atoms with Gasteiger partial charge in [0.1, 0.15) is 18.3 Å². The standard InChI is InChI=1S/C18H29NO8/c1-16(2)21-8-10(24-16)7-19(20)15-14-13(26-18(5,6)27-14)12(23-15)11-9-22-17(3,4)25-11/h7,10-15H,8-9H2,1-6H3/b19-7-/t10-,11-,12+,13-,14-,15-/m0/s1. The molecule has 9 nitrogen and oxygen atoms in total. The molecule has 0 aromatic carbocycles. The fourth-order valence-electron chi connectivity index (χ4n) is 4.03. The van der Waals surface area contributed by atoms with E-state index in [0.717, 1.165) is 4.74 Å². The van der Waals surface area contributed by atoms with E-state index in [-0.39, 0.29) is 6.10 Å². The highest BCUT2D eigenvalue weighted by molar-refractivity contribution is 5.58. The first-order chi connectivity index (χ1) is 12.4. The Kier molecular flexibility index (Phi) is 4.59. The fraction of sp³-hybridized carbons (Fsp3) is 0.944. The highest BCUT2D eigenvalue weighted by atomic mass is 16.8. The van der Waals surface area contributed by atoms with E-state index in [4.69, 9.17) is 33.2 Å². The van der Waals surface area contributed by atoms with Crippen LogP contribution in [-0.4, -0.2) is 78.3 Å². The third kappa shape index (κ3) is 3.87. The lowest BCUT2D eigenvalue weighted by atomic mass is 10.1. The number of hydrogen-bond donors (Lipinski definition) is 0. The van der Waals surface area contributed by atoms with Crippen molar-refractivity contribution in [2.75, 3.05) is 13.2 Å². The van der Waals surface area contributed by atoms with Crippen LogP contribution in [0.25, 0.3) is 0 Å². The quantitative estimate of drug-likeness (QED) is 0.308. The first-order valence-electron chi connectivity index (χ1n) is 9.40. The summed E-state index contributed by atoms with van der Waals surface area (Å²) in [6.07, 6.45) is -1.64. The Morgan fingerprint density at radius 3 is 2.00 bits per heavy atom. The highest BCUT2D eigenvalue weighted by Gasteiger charge is 2.62. The summed E-state index contributed by atoms with van der Waals surface area (Å²) in [5, 5.41) is 12.8. The minimum atomic E-state index is -0.860. The van der Waals surface area contributed by atoms with Crippen LogP contribution in [0, 0.1) is 5.21 Å². The summed E-state index contributed by atoms with van der Waals surface area (Å²) in [6, 6.07) is 0. The first kappa shape index (κ1) is 19.5. The molecule has 0 unspecified atom stereocenters. The van der Waals surface area contributed by atoms with E-state index in [0.29, 0.717) is 13.2 Å². The molecule has 0 amide bonds. The van der Waals surface area contributed by atoms with Gasteiger partial charge < -0.3 is 38.4 Å². The maximum Gasteiger partial charge on any atom is 0.297 e. The normalized spacial score (nSPS) is 45.3. The molecule has 4 fully saturated rings. The fourth-order valence-corrected chi connectivity index (χ4v) is 4.03. The second kappa shape index (κ2) is 6.35. The van der Waals surface area contributed by atoms with Crippen LogP contribution in [0.15, 0.2) is 0 Å². The zero-order valence-corrected chi connectivity index (χ0v) is 16.7. The van der Waals surface area contributed by atoms with Crippen molar-refractivity contribution in [2.24, 2.45) is 0 Å². The molecule has 0 aromatic heterocycles. The zero-order chi connectivity index (χ0) is 19.6. The van der Waals surface area contributed by atoms with Gasteiger partial charge in [0.05, 0.1) is 13.2 Å². The van der Waals surface area contributed by atoms with Crippen LogP contribution >= 0.6 is 0 Å². The number of hydrogen-bond acceptors (Lipinski definition) is 8. The van der Waals surface area contributed by atoms with Crippen molar-refractivity contribution in [3.05, 3.63) is 5.21 Å². The van der Waals surface area contributed by atoms with E-state index < -0.39 is 48.0 Å². The molecule has 27 heavy (non-hydrogen) atoms. The Morgan fingerprint density at radius 1 is 0.778 bits per heavy atom. The Bertz CT molecular complexity index is 618. The Hall–Kier alpha value is -0.810. The van der Waals surface area contributed by atoms with Gasteiger partial charge in [0.25, 0.3) is 6.23 Å². The Morgan fingerprint density at radius 2 is 1.41 bits per heavy atom. The van der Waals surface area contributed by atoms with E-state index in [1.807, 2.05) is 41.5 Å². The SMILES string of the molecule is CC1(C)O[C@H]2[C@@H]([C@@H]3COC(C)(C)O3)O[C@H](/[N+]([O-])=C/[C@H]3COC(C)(C)O3)[C@H]2O1. The molecular formula is C18H29NO8. The molecule has 0 saturated carbocycles. The largest absolute Gasteiger partial charge is 0.622 e. The van der Waals surface area contributed by atoms with Gasteiger partial charge in [-0.15, -0.1) is 0 Å². The lowest BCUT2D eigenvalue weighted by Crippen LogP contribution is -2.40. The van der Waals surface area contributed by atoms with Crippen molar-refractivity contribution >= 4 is 6.21 Å². The van der Waals surface area contributed by atoms with E-state index in [1.165, 1.54) is 6.21 Å². The second-order valence-corrected chi connectivity index (χ2v) is 8.80. The average Bonchev–Trinajstić information content (AvgIpc) is 3.21. The molecular weight excluding hydrogens is 358 g/mol. The third-order valence-corrected chi connectivity index (χ3v) is 5.06. The summed E-state index contributed by atoms with van der Waals surface area (Å²) >= 11 is 0. The van der Waals surface area contributed by atoms with Gasteiger partial charge in [0, 0.05) is 0 Å². The molecule has 0 spiro atoms. The summed E-state index contributed by atoms with van der Waals surface area (Å²) < 4.78 is 41.6. The number of rotatable bonds is 3. The predicted octanol–water partition coefficient (Wildman–Crippen LogP) is 1.12. The molecule has 4 aliphatic heterocycles. The third-order valence-electron chi connectivity index (χ3n) is 5.06. The number of nitrogens with zero attached hydrogens (tertiary/aromatic N) is 1. The van der Waals surface area contributed by atoms with Gasteiger partial charge in [-0.25, -0.2) is 0 Å². The number of hydroxylamine groups is 1. The van der Waals surface area contributed by atoms with E-state index in [2.05, 4.69) is 0 Å².